The van der Waals surface area contributed by atoms with Gasteiger partial charge < -0.3 is 14.8 Å². The van der Waals surface area contributed by atoms with Crippen molar-refractivity contribution in [3.05, 3.63) is 98.1 Å². The number of amides is 2. The lowest BCUT2D eigenvalue weighted by Gasteiger charge is -2.20. The van der Waals surface area contributed by atoms with Crippen LogP contribution in [0, 0.1) is 17.0 Å². The van der Waals surface area contributed by atoms with E-state index in [1.807, 2.05) is 19.1 Å². The van der Waals surface area contributed by atoms with E-state index in [9.17, 15) is 24.5 Å². The van der Waals surface area contributed by atoms with E-state index in [-0.39, 0.29) is 22.4 Å². The standard InChI is InChI=1S/C26H21ClN4O7/c1-14-7-4-5-10-20(14)24(34)28-19-9-6-8-17(11-19)26-30(15(2)32)29-25(38-26)21-12-18(27)13-22(31(35)36)23(21)37-16(3)33/h4-13,26H,1-3H3,(H,28,34)/t26-/m0/s1. The Morgan fingerprint density at radius 3 is 2.50 bits per heavy atom. The van der Waals surface area contributed by atoms with Crippen LogP contribution in [0.4, 0.5) is 11.4 Å². The molecule has 1 heterocycles. The minimum Gasteiger partial charge on any atom is -0.446 e. The summed E-state index contributed by atoms with van der Waals surface area (Å²) < 4.78 is 11.1. The van der Waals surface area contributed by atoms with Crippen LogP contribution in [0.1, 0.15) is 47.1 Å². The van der Waals surface area contributed by atoms with Crippen LogP contribution in [0.2, 0.25) is 5.02 Å². The lowest BCUT2D eigenvalue weighted by molar-refractivity contribution is -0.385. The summed E-state index contributed by atoms with van der Waals surface area (Å²) in [6, 6.07) is 16.1. The normalized spacial score (nSPS) is 14.4. The molecular weight excluding hydrogens is 516 g/mol. The molecule has 0 spiro atoms. The molecule has 1 N–H and O–H groups in total. The van der Waals surface area contributed by atoms with E-state index >= 15 is 0 Å². The van der Waals surface area contributed by atoms with Crippen LogP contribution in [0.5, 0.6) is 5.75 Å². The number of ether oxygens (including phenoxy) is 2. The van der Waals surface area contributed by atoms with Gasteiger partial charge in [0.2, 0.25) is 23.8 Å². The number of nitro groups is 1. The first-order valence-corrected chi connectivity index (χ1v) is 11.6. The van der Waals surface area contributed by atoms with Crippen LogP contribution in [-0.2, 0) is 14.3 Å². The molecule has 38 heavy (non-hydrogen) atoms. The highest BCUT2D eigenvalue weighted by Crippen LogP contribution is 2.39. The maximum Gasteiger partial charge on any atom is 0.314 e. The fraction of sp³-hybridized carbons (Fsp3) is 0.154. The largest absolute Gasteiger partial charge is 0.446 e. The Kier molecular flexibility index (Phi) is 7.40. The van der Waals surface area contributed by atoms with Gasteiger partial charge in [-0.05, 0) is 36.8 Å². The molecular formula is C26H21ClN4O7. The van der Waals surface area contributed by atoms with Gasteiger partial charge in [-0.1, -0.05) is 41.9 Å². The van der Waals surface area contributed by atoms with E-state index in [0.29, 0.717) is 16.8 Å². The molecule has 0 saturated carbocycles. The highest BCUT2D eigenvalue weighted by atomic mass is 35.5. The number of carbonyl (C=O) groups is 3. The number of nitrogens with one attached hydrogen (secondary N) is 1. The molecule has 0 unspecified atom stereocenters. The fourth-order valence-electron chi connectivity index (χ4n) is 3.81. The van der Waals surface area contributed by atoms with Crippen molar-refractivity contribution >= 4 is 46.7 Å². The average Bonchev–Trinajstić information content (AvgIpc) is 3.31. The van der Waals surface area contributed by atoms with Crippen LogP contribution in [0.3, 0.4) is 0 Å². The molecule has 4 rings (SSSR count). The number of rotatable bonds is 6. The summed E-state index contributed by atoms with van der Waals surface area (Å²) in [6.07, 6.45) is -1.08. The van der Waals surface area contributed by atoms with Crippen molar-refractivity contribution in [1.82, 2.24) is 5.01 Å². The number of anilines is 1. The molecule has 3 aromatic rings. The number of nitro benzene ring substituents is 1. The molecule has 1 aliphatic rings. The summed E-state index contributed by atoms with van der Waals surface area (Å²) in [5.41, 5.74) is 1.54. The molecule has 2 amide bonds. The predicted octanol–water partition coefficient (Wildman–Crippen LogP) is 4.97. The monoisotopic (exact) mass is 536 g/mol. The number of benzene rings is 3. The smallest absolute Gasteiger partial charge is 0.314 e. The van der Waals surface area contributed by atoms with Gasteiger partial charge in [0.05, 0.1) is 10.5 Å². The number of esters is 1. The minimum atomic E-state index is -1.08. The first-order chi connectivity index (χ1) is 18.0. The Balaban J connectivity index is 1.69. The molecule has 12 heteroatoms. The zero-order chi connectivity index (χ0) is 27.6. The van der Waals surface area contributed by atoms with Gasteiger partial charge in [-0.3, -0.25) is 24.5 Å². The van der Waals surface area contributed by atoms with Gasteiger partial charge in [0.15, 0.2) is 0 Å². The van der Waals surface area contributed by atoms with Crippen LogP contribution >= 0.6 is 11.6 Å². The molecule has 194 valence electrons. The lowest BCUT2D eigenvalue weighted by atomic mass is 10.1. The molecule has 1 atom stereocenters. The number of carbonyl (C=O) groups excluding carboxylic acids is 3. The summed E-state index contributed by atoms with van der Waals surface area (Å²) in [5, 5.41) is 19.6. The van der Waals surface area contributed by atoms with Gasteiger partial charge in [-0.15, -0.1) is 5.10 Å². The molecule has 1 aliphatic heterocycles. The van der Waals surface area contributed by atoms with Gasteiger partial charge in [0, 0.05) is 41.8 Å². The predicted molar refractivity (Wildman–Crippen MR) is 138 cm³/mol. The SMILES string of the molecule is CC(=O)Oc1c(C2=NN(C(C)=O)[C@H](c3cccc(NC(=O)c4ccccc4C)c3)O2)cc(Cl)cc1[N+](=O)[O-]. The molecule has 11 nitrogen and oxygen atoms in total. The van der Waals surface area contributed by atoms with Crippen molar-refractivity contribution in [3.63, 3.8) is 0 Å². The van der Waals surface area contributed by atoms with E-state index in [1.54, 1.807) is 36.4 Å². The number of hydrazone groups is 1. The van der Waals surface area contributed by atoms with E-state index in [4.69, 9.17) is 21.1 Å². The number of nitrogens with zero attached hydrogens (tertiary/aromatic N) is 3. The minimum absolute atomic E-state index is 0.0346. The highest BCUT2D eigenvalue weighted by molar-refractivity contribution is 6.31. The third kappa shape index (κ3) is 5.47. The third-order valence-corrected chi connectivity index (χ3v) is 5.71. The van der Waals surface area contributed by atoms with Crippen LogP contribution in [-0.4, -0.2) is 33.6 Å². The van der Waals surface area contributed by atoms with Crippen LogP contribution in [0.25, 0.3) is 0 Å². The molecule has 0 saturated heterocycles. The first-order valence-electron chi connectivity index (χ1n) is 11.2. The van der Waals surface area contributed by atoms with Gasteiger partial charge in [-0.2, -0.15) is 5.01 Å². The zero-order valence-electron chi connectivity index (χ0n) is 20.4. The van der Waals surface area contributed by atoms with Crippen molar-refractivity contribution in [2.75, 3.05) is 5.32 Å². The second-order valence-electron chi connectivity index (χ2n) is 8.29. The van der Waals surface area contributed by atoms with E-state index in [0.717, 1.165) is 23.6 Å². The highest BCUT2D eigenvalue weighted by Gasteiger charge is 2.36. The van der Waals surface area contributed by atoms with Crippen molar-refractivity contribution < 1.29 is 28.8 Å². The maximum atomic E-state index is 12.8. The Morgan fingerprint density at radius 1 is 1.11 bits per heavy atom. The molecule has 0 radical (unpaired) electrons. The fourth-order valence-corrected chi connectivity index (χ4v) is 4.02. The van der Waals surface area contributed by atoms with Gasteiger partial charge in [-0.25, -0.2) is 0 Å². The van der Waals surface area contributed by atoms with E-state index in [1.165, 1.54) is 13.0 Å². The second-order valence-corrected chi connectivity index (χ2v) is 8.72. The maximum absolute atomic E-state index is 12.8. The van der Waals surface area contributed by atoms with Crippen molar-refractivity contribution in [2.45, 2.75) is 27.0 Å². The van der Waals surface area contributed by atoms with Gasteiger partial charge >= 0.3 is 11.7 Å². The van der Waals surface area contributed by atoms with Crippen molar-refractivity contribution in [3.8, 4) is 5.75 Å². The first kappa shape index (κ1) is 26.3. The summed E-state index contributed by atoms with van der Waals surface area (Å²) in [5.74, 6) is -2.27. The number of aryl methyl sites for hydroxylation is 1. The zero-order valence-corrected chi connectivity index (χ0v) is 21.2. The summed E-state index contributed by atoms with van der Waals surface area (Å²) in [6.45, 7) is 4.17. The third-order valence-electron chi connectivity index (χ3n) is 5.49. The van der Waals surface area contributed by atoms with Crippen LogP contribution in [0.15, 0.2) is 65.8 Å². The molecule has 0 aromatic heterocycles. The Labute approximate surface area is 221 Å². The molecule has 0 fully saturated rings. The Morgan fingerprint density at radius 2 is 1.84 bits per heavy atom. The van der Waals surface area contributed by atoms with E-state index in [2.05, 4.69) is 10.4 Å². The van der Waals surface area contributed by atoms with Gasteiger partial charge in [0.1, 0.15) is 0 Å². The Bertz CT molecular complexity index is 1500. The number of hydrogen-bond donors (Lipinski definition) is 1. The number of hydrogen-bond acceptors (Lipinski definition) is 8. The number of halogens is 1. The Hall–Kier alpha value is -4.77. The van der Waals surface area contributed by atoms with E-state index < -0.39 is 34.5 Å². The molecule has 3 aromatic carbocycles. The molecule has 0 aliphatic carbocycles. The topological polar surface area (TPSA) is 140 Å². The lowest BCUT2D eigenvalue weighted by Crippen LogP contribution is -2.25. The molecule has 0 bridgehead atoms. The summed E-state index contributed by atoms with van der Waals surface area (Å²) in [4.78, 5) is 47.8. The van der Waals surface area contributed by atoms with Gasteiger partial charge in [0.25, 0.3) is 5.91 Å². The quantitative estimate of drug-likeness (QED) is 0.203. The van der Waals surface area contributed by atoms with Crippen molar-refractivity contribution in [1.29, 1.82) is 0 Å². The van der Waals surface area contributed by atoms with Crippen molar-refractivity contribution in [2.24, 2.45) is 5.10 Å². The average molecular weight is 537 g/mol. The van der Waals surface area contributed by atoms with Crippen LogP contribution < -0.4 is 10.1 Å². The second kappa shape index (κ2) is 10.7. The summed E-state index contributed by atoms with van der Waals surface area (Å²) in [7, 11) is 0. The summed E-state index contributed by atoms with van der Waals surface area (Å²) >= 11 is 6.09.